The van der Waals surface area contributed by atoms with Crippen LogP contribution in [0, 0.1) is 0 Å². The summed E-state index contributed by atoms with van der Waals surface area (Å²) in [6.45, 7) is 0. The third kappa shape index (κ3) is 1.83. The maximum atomic E-state index is 11.5. The first-order valence-electron chi connectivity index (χ1n) is 4.52. The van der Waals surface area contributed by atoms with Crippen molar-refractivity contribution in [2.24, 2.45) is 0 Å². The van der Waals surface area contributed by atoms with Gasteiger partial charge in [-0.2, -0.15) is 0 Å². The van der Waals surface area contributed by atoms with Crippen molar-refractivity contribution in [3.05, 3.63) is 46.4 Å². The highest BCUT2D eigenvalue weighted by Crippen LogP contribution is 1.99. The molecule has 6 heteroatoms. The van der Waals surface area contributed by atoms with Gasteiger partial charge in [0, 0.05) is 12.1 Å². The van der Waals surface area contributed by atoms with Crippen LogP contribution in [0.5, 0.6) is 0 Å². The molecular formula is C10H8BrN2O3+. The summed E-state index contributed by atoms with van der Waals surface area (Å²) in [6, 6.07) is 8.97. The van der Waals surface area contributed by atoms with E-state index in [2.05, 4.69) is 25.7 Å². The molecule has 2 rings (SSSR count). The van der Waals surface area contributed by atoms with E-state index in [-0.39, 0.29) is 16.8 Å². The van der Waals surface area contributed by atoms with E-state index in [0.717, 1.165) is 0 Å². The van der Waals surface area contributed by atoms with E-state index < -0.39 is 5.63 Å². The molecule has 16 heavy (non-hydrogen) atoms. The summed E-state index contributed by atoms with van der Waals surface area (Å²) in [5.74, 6) is -0.334. The monoisotopic (exact) mass is 283 g/mol. The first-order valence-corrected chi connectivity index (χ1v) is 5.64. The Morgan fingerprint density at radius 3 is 2.69 bits per heavy atom. The van der Waals surface area contributed by atoms with Crippen LogP contribution in [0.15, 0.2) is 39.6 Å². The number of H-pyrrole nitrogens is 1. The maximum Gasteiger partial charge on any atom is 0.438 e. The number of hydrogen-bond acceptors (Lipinski definition) is 3. The number of carbonyl (C=O) groups excluding carboxylic acids is 1. The first-order chi connectivity index (χ1) is 7.74. The fraction of sp³-hybridized carbons (Fsp3) is 0.100. The van der Waals surface area contributed by atoms with E-state index in [0.29, 0.717) is 5.69 Å². The van der Waals surface area contributed by atoms with Crippen molar-refractivity contribution in [1.29, 1.82) is 0 Å². The van der Waals surface area contributed by atoms with Crippen molar-refractivity contribution in [2.45, 2.75) is 0 Å². The lowest BCUT2D eigenvalue weighted by molar-refractivity contribution is -0.672. The lowest BCUT2D eigenvalue weighted by atomic mass is 10.3. The van der Waals surface area contributed by atoms with Crippen molar-refractivity contribution in [1.82, 2.24) is 5.27 Å². The summed E-state index contributed by atoms with van der Waals surface area (Å²) >= 11 is 3.02. The van der Waals surface area contributed by atoms with E-state index in [9.17, 15) is 9.59 Å². The molecule has 1 aromatic carbocycles. The minimum Gasteiger partial charge on any atom is -0.286 e. The molecule has 1 heterocycles. The SMILES string of the molecule is O=C(CBr)c1c(=O)o[nH][n+]1-c1ccccc1. The second kappa shape index (κ2) is 4.44. The standard InChI is InChI=1S/C10H7BrN2O3/c11-6-8(14)9-10(15)16-12-13(9)7-4-2-1-3-5-7/h1-5H,6H2/p+1. The van der Waals surface area contributed by atoms with Crippen LogP contribution in [-0.2, 0) is 0 Å². The molecule has 0 bridgehead atoms. The molecule has 0 amide bonds. The minimum atomic E-state index is -0.673. The van der Waals surface area contributed by atoms with Crippen molar-refractivity contribution in [2.75, 3.05) is 5.33 Å². The molecule has 0 radical (unpaired) electrons. The number of aromatic nitrogens is 2. The van der Waals surface area contributed by atoms with E-state index in [1.807, 2.05) is 6.07 Å². The van der Waals surface area contributed by atoms with Crippen molar-refractivity contribution in [3.8, 4) is 5.69 Å². The van der Waals surface area contributed by atoms with Gasteiger partial charge in [-0.15, -0.1) is 0 Å². The number of halogens is 1. The molecule has 0 unspecified atom stereocenters. The van der Waals surface area contributed by atoms with Gasteiger partial charge in [-0.05, 0) is 9.95 Å². The Morgan fingerprint density at radius 1 is 1.38 bits per heavy atom. The number of nitrogens with zero attached hydrogens (tertiary/aromatic N) is 1. The maximum absolute atomic E-state index is 11.5. The molecule has 0 spiro atoms. The smallest absolute Gasteiger partial charge is 0.286 e. The summed E-state index contributed by atoms with van der Waals surface area (Å²) in [4.78, 5) is 22.9. The topological polar surface area (TPSA) is 67.0 Å². The van der Waals surface area contributed by atoms with Crippen LogP contribution in [-0.4, -0.2) is 16.4 Å². The number of para-hydroxylation sites is 1. The zero-order valence-electron chi connectivity index (χ0n) is 8.14. The van der Waals surface area contributed by atoms with Gasteiger partial charge in [0.2, 0.25) is 11.5 Å². The van der Waals surface area contributed by atoms with E-state index >= 15 is 0 Å². The molecule has 0 aliphatic heterocycles. The van der Waals surface area contributed by atoms with Crippen molar-refractivity contribution in [3.63, 3.8) is 0 Å². The minimum absolute atomic E-state index is 0.0249. The van der Waals surface area contributed by atoms with E-state index in [4.69, 9.17) is 0 Å². The Balaban J connectivity index is 2.59. The number of benzene rings is 1. The summed E-state index contributed by atoms with van der Waals surface area (Å²) in [7, 11) is 0. The van der Waals surface area contributed by atoms with Crippen molar-refractivity contribution >= 4 is 21.7 Å². The quantitative estimate of drug-likeness (QED) is 0.515. The van der Waals surface area contributed by atoms with Gasteiger partial charge in [-0.25, -0.2) is 4.79 Å². The molecule has 82 valence electrons. The lowest BCUT2D eigenvalue weighted by Gasteiger charge is -1.90. The second-order valence-corrected chi connectivity index (χ2v) is 3.62. The van der Waals surface area contributed by atoms with Gasteiger partial charge in [0.15, 0.2) is 0 Å². The third-order valence-corrected chi connectivity index (χ3v) is 2.56. The van der Waals surface area contributed by atoms with Crippen molar-refractivity contribution < 1.29 is 14.0 Å². The highest BCUT2D eigenvalue weighted by Gasteiger charge is 2.29. The van der Waals surface area contributed by atoms with Crippen LogP contribution < -0.4 is 10.3 Å². The molecule has 1 aromatic heterocycles. The number of rotatable bonds is 3. The van der Waals surface area contributed by atoms with Gasteiger partial charge < -0.3 is 0 Å². The molecular weight excluding hydrogens is 276 g/mol. The molecule has 0 saturated heterocycles. The molecule has 0 fully saturated rings. The highest BCUT2D eigenvalue weighted by atomic mass is 79.9. The summed E-state index contributed by atoms with van der Waals surface area (Å²) < 4.78 is 5.94. The third-order valence-electron chi connectivity index (χ3n) is 2.05. The van der Waals surface area contributed by atoms with Gasteiger partial charge in [0.1, 0.15) is 0 Å². The fourth-order valence-corrected chi connectivity index (χ4v) is 1.60. The summed E-state index contributed by atoms with van der Waals surface area (Å²) in [6.07, 6.45) is 0. The van der Waals surface area contributed by atoms with Gasteiger partial charge in [-0.3, -0.25) is 9.32 Å². The van der Waals surface area contributed by atoms with Crippen LogP contribution in [0.1, 0.15) is 10.5 Å². The van der Waals surface area contributed by atoms with Gasteiger partial charge in [0.05, 0.1) is 5.33 Å². The Morgan fingerprint density at radius 2 is 2.06 bits per heavy atom. The normalized spacial score (nSPS) is 10.3. The number of carbonyl (C=O) groups is 1. The molecule has 0 saturated carbocycles. The van der Waals surface area contributed by atoms with Crippen LogP contribution in [0.4, 0.5) is 0 Å². The molecule has 0 aliphatic rings. The average Bonchev–Trinajstić information content (AvgIpc) is 2.71. The number of Topliss-reactive ketones (excluding diaryl/α,β-unsaturated/α-hetero) is 1. The van der Waals surface area contributed by atoms with Crippen LogP contribution in [0.3, 0.4) is 0 Å². The summed E-state index contributed by atoms with van der Waals surface area (Å²) in [5, 5.41) is 2.46. The van der Waals surface area contributed by atoms with Crippen LogP contribution in [0.2, 0.25) is 0 Å². The molecule has 2 aromatic rings. The van der Waals surface area contributed by atoms with Gasteiger partial charge in [-0.1, -0.05) is 34.1 Å². The second-order valence-electron chi connectivity index (χ2n) is 3.06. The first kappa shape index (κ1) is 10.8. The largest absolute Gasteiger partial charge is 0.438 e. The van der Waals surface area contributed by atoms with Crippen LogP contribution >= 0.6 is 15.9 Å². The predicted octanol–water partition coefficient (Wildman–Crippen LogP) is 0.822. The highest BCUT2D eigenvalue weighted by molar-refractivity contribution is 9.09. The Hall–Kier alpha value is -1.69. The molecule has 0 atom stereocenters. The Labute approximate surface area is 98.8 Å². The zero-order chi connectivity index (χ0) is 11.5. The van der Waals surface area contributed by atoms with E-state index in [1.54, 1.807) is 24.3 Å². The van der Waals surface area contributed by atoms with Crippen LogP contribution in [0.25, 0.3) is 5.69 Å². The predicted molar refractivity (Wildman–Crippen MR) is 59.0 cm³/mol. The Bertz CT molecular complexity index is 559. The summed E-state index contributed by atoms with van der Waals surface area (Å²) in [5.41, 5.74) is -0.0333. The number of aromatic amines is 1. The van der Waals surface area contributed by atoms with E-state index in [1.165, 1.54) is 4.68 Å². The van der Waals surface area contributed by atoms with Gasteiger partial charge >= 0.3 is 11.3 Å². The number of hydrogen-bond donors (Lipinski definition) is 1. The molecule has 0 aliphatic carbocycles. The Kier molecular flexibility index (Phi) is 3.00. The zero-order valence-corrected chi connectivity index (χ0v) is 9.73. The lowest BCUT2D eigenvalue weighted by Crippen LogP contribution is -2.41. The fourth-order valence-electron chi connectivity index (χ4n) is 1.33. The number of alkyl halides is 1. The number of nitrogens with one attached hydrogen (secondary N) is 1. The number of ketones is 1. The van der Waals surface area contributed by atoms with Gasteiger partial charge in [0.25, 0.3) is 0 Å². The molecule has 5 nitrogen and oxygen atoms in total. The molecule has 1 N–H and O–H groups in total. The average molecular weight is 284 g/mol.